The van der Waals surface area contributed by atoms with E-state index < -0.39 is 21.6 Å². The maximum Gasteiger partial charge on any atom is 0.276 e. The summed E-state index contributed by atoms with van der Waals surface area (Å²) in [4.78, 5) is 21.8. The second-order valence-corrected chi connectivity index (χ2v) is 9.91. The van der Waals surface area contributed by atoms with Gasteiger partial charge in [-0.1, -0.05) is 23.5 Å². The molecule has 11 heteroatoms. The zero-order valence-electron chi connectivity index (χ0n) is 16.1. The molecule has 0 saturated carbocycles. The number of thiazole rings is 1. The quantitative estimate of drug-likeness (QED) is 0.503. The molecule has 1 aliphatic heterocycles. The average molecular weight is 458 g/mol. The Balaban J connectivity index is 1.60. The van der Waals surface area contributed by atoms with E-state index in [4.69, 9.17) is 4.74 Å². The number of imidazole rings is 1. The summed E-state index contributed by atoms with van der Waals surface area (Å²) in [5.74, 6) is -0.511. The number of rotatable bonds is 4. The summed E-state index contributed by atoms with van der Waals surface area (Å²) >= 11 is 1.13. The minimum Gasteiger partial charge on any atom is -0.497 e. The maximum absolute atomic E-state index is 13.5. The Hall–Kier alpha value is -3.31. The molecular formula is C20H15FN4O4S2. The largest absolute Gasteiger partial charge is 0.497 e. The number of nitrogens with zero attached hydrogens (tertiary/aromatic N) is 3. The van der Waals surface area contributed by atoms with Crippen molar-refractivity contribution in [3.05, 3.63) is 54.0 Å². The monoisotopic (exact) mass is 458 g/mol. The van der Waals surface area contributed by atoms with E-state index in [9.17, 15) is 17.6 Å². The lowest BCUT2D eigenvalue weighted by atomic mass is 10.1. The topological polar surface area (TPSA) is 103 Å². The number of methoxy groups -OCH3 is 1. The van der Waals surface area contributed by atoms with Crippen LogP contribution in [0.15, 0.2) is 47.6 Å². The van der Waals surface area contributed by atoms with Gasteiger partial charge in [-0.2, -0.15) is 0 Å². The molecule has 1 aliphatic rings. The number of benzene rings is 2. The van der Waals surface area contributed by atoms with Gasteiger partial charge in [-0.3, -0.25) is 10.1 Å². The molecule has 0 saturated heterocycles. The van der Waals surface area contributed by atoms with Crippen LogP contribution in [0.1, 0.15) is 10.5 Å². The molecule has 0 radical (unpaired) electrons. The minimum absolute atomic E-state index is 0.117. The standard InChI is InChI=1S/C20H15FN4O4S2/c1-29-13-4-2-3-11(9-13)16-17(25-7-8-31(27,28)20(25)23-16)18(26)24-19-22-14-6-5-12(21)10-15(14)30-19/h2-6,9-10H,7-8H2,1H3,(H,22,24,26). The van der Waals surface area contributed by atoms with E-state index in [2.05, 4.69) is 15.3 Å². The number of hydrogen-bond donors (Lipinski definition) is 1. The van der Waals surface area contributed by atoms with Gasteiger partial charge < -0.3 is 9.30 Å². The van der Waals surface area contributed by atoms with Gasteiger partial charge in [-0.15, -0.1) is 0 Å². The van der Waals surface area contributed by atoms with Crippen molar-refractivity contribution in [3.8, 4) is 17.0 Å². The molecule has 2 aromatic heterocycles. The van der Waals surface area contributed by atoms with Crippen molar-refractivity contribution in [3.63, 3.8) is 0 Å². The highest BCUT2D eigenvalue weighted by Gasteiger charge is 2.35. The van der Waals surface area contributed by atoms with Gasteiger partial charge in [0, 0.05) is 12.1 Å². The van der Waals surface area contributed by atoms with Gasteiger partial charge in [0.1, 0.15) is 23.0 Å². The third kappa shape index (κ3) is 3.35. The summed E-state index contributed by atoms with van der Waals surface area (Å²) in [5.41, 5.74) is 1.46. The first kappa shape index (κ1) is 19.6. The highest BCUT2D eigenvalue weighted by Crippen LogP contribution is 2.33. The number of anilines is 1. The first-order chi connectivity index (χ1) is 14.9. The second-order valence-electron chi connectivity index (χ2n) is 6.88. The van der Waals surface area contributed by atoms with Crippen molar-refractivity contribution >= 4 is 42.4 Å². The fourth-order valence-corrected chi connectivity index (χ4v) is 5.73. The lowest BCUT2D eigenvalue weighted by Gasteiger charge is -2.08. The Morgan fingerprint density at radius 1 is 1.23 bits per heavy atom. The lowest BCUT2D eigenvalue weighted by Crippen LogP contribution is -2.17. The van der Waals surface area contributed by atoms with E-state index in [-0.39, 0.29) is 34.0 Å². The molecule has 0 fully saturated rings. The van der Waals surface area contributed by atoms with Gasteiger partial charge in [0.25, 0.3) is 5.91 Å². The van der Waals surface area contributed by atoms with Crippen LogP contribution in [0.5, 0.6) is 5.75 Å². The number of sulfone groups is 1. The smallest absolute Gasteiger partial charge is 0.276 e. The zero-order chi connectivity index (χ0) is 21.8. The van der Waals surface area contributed by atoms with Crippen LogP contribution in [0.4, 0.5) is 9.52 Å². The highest BCUT2D eigenvalue weighted by molar-refractivity contribution is 7.91. The van der Waals surface area contributed by atoms with E-state index >= 15 is 0 Å². The molecule has 3 heterocycles. The van der Waals surface area contributed by atoms with Crippen molar-refractivity contribution in [1.82, 2.24) is 14.5 Å². The summed E-state index contributed by atoms with van der Waals surface area (Å²) in [6.07, 6.45) is 0. The molecule has 31 heavy (non-hydrogen) atoms. The third-order valence-electron chi connectivity index (χ3n) is 4.92. The Bertz CT molecular complexity index is 1460. The molecule has 0 atom stereocenters. The van der Waals surface area contributed by atoms with E-state index in [1.54, 1.807) is 24.3 Å². The Morgan fingerprint density at radius 2 is 2.06 bits per heavy atom. The predicted molar refractivity (Wildman–Crippen MR) is 114 cm³/mol. The van der Waals surface area contributed by atoms with Crippen LogP contribution in [0.2, 0.25) is 0 Å². The van der Waals surface area contributed by atoms with Crippen LogP contribution >= 0.6 is 11.3 Å². The number of fused-ring (bicyclic) bond motifs is 2. The lowest BCUT2D eigenvalue weighted by molar-refractivity contribution is 0.101. The summed E-state index contributed by atoms with van der Waals surface area (Å²) in [6, 6.07) is 11.0. The van der Waals surface area contributed by atoms with Gasteiger partial charge in [0.2, 0.25) is 15.0 Å². The van der Waals surface area contributed by atoms with Gasteiger partial charge in [-0.25, -0.2) is 22.8 Å². The number of hydrogen-bond acceptors (Lipinski definition) is 7. The predicted octanol–water partition coefficient (Wildman–Crippen LogP) is 3.35. The number of halogens is 1. The highest BCUT2D eigenvalue weighted by atomic mass is 32.2. The molecule has 0 spiro atoms. The van der Waals surface area contributed by atoms with Crippen LogP contribution in [0.25, 0.3) is 21.5 Å². The zero-order valence-corrected chi connectivity index (χ0v) is 17.8. The van der Waals surface area contributed by atoms with E-state index in [0.717, 1.165) is 11.3 Å². The summed E-state index contributed by atoms with van der Waals surface area (Å²) in [5, 5.41) is 2.85. The number of ether oxygens (including phenoxy) is 1. The minimum atomic E-state index is -3.58. The molecule has 2 aromatic carbocycles. The van der Waals surface area contributed by atoms with Crippen LogP contribution in [0, 0.1) is 5.82 Å². The fraction of sp³-hybridized carbons (Fsp3) is 0.150. The molecule has 1 amide bonds. The van der Waals surface area contributed by atoms with Crippen LogP contribution in [0.3, 0.4) is 0 Å². The number of aromatic nitrogens is 3. The number of carbonyl (C=O) groups excluding carboxylic acids is 1. The molecule has 0 aliphatic carbocycles. The van der Waals surface area contributed by atoms with Gasteiger partial charge in [0.15, 0.2) is 5.13 Å². The molecule has 5 rings (SSSR count). The normalized spacial score (nSPS) is 14.5. The van der Waals surface area contributed by atoms with Crippen LogP contribution in [-0.4, -0.2) is 41.7 Å². The van der Waals surface area contributed by atoms with Crippen molar-refractivity contribution in [2.24, 2.45) is 0 Å². The molecule has 158 valence electrons. The molecule has 0 unspecified atom stereocenters. The van der Waals surface area contributed by atoms with Crippen molar-refractivity contribution in [2.45, 2.75) is 11.7 Å². The van der Waals surface area contributed by atoms with E-state index in [0.29, 0.717) is 21.5 Å². The summed E-state index contributed by atoms with van der Waals surface area (Å²) in [6.45, 7) is 0.127. The number of carbonyl (C=O) groups is 1. The second kappa shape index (κ2) is 7.13. The molecule has 4 aromatic rings. The van der Waals surface area contributed by atoms with Gasteiger partial charge in [0.05, 0.1) is 23.1 Å². The average Bonchev–Trinajstić information content (AvgIpc) is 3.40. The summed E-state index contributed by atoms with van der Waals surface area (Å²) in [7, 11) is -2.06. The number of nitrogens with one attached hydrogen (secondary N) is 1. The molecule has 0 bridgehead atoms. The SMILES string of the molecule is COc1cccc(-c2nc3n(c2C(=O)Nc2nc4ccc(F)cc4s2)CCS3(=O)=O)c1. The van der Waals surface area contributed by atoms with Crippen molar-refractivity contribution in [1.29, 1.82) is 0 Å². The van der Waals surface area contributed by atoms with Gasteiger partial charge in [-0.05, 0) is 30.3 Å². The first-order valence-corrected chi connectivity index (χ1v) is 11.7. The first-order valence-electron chi connectivity index (χ1n) is 9.21. The third-order valence-corrected chi connectivity index (χ3v) is 7.45. The Labute approximate surface area is 180 Å². The van der Waals surface area contributed by atoms with Crippen LogP contribution < -0.4 is 10.1 Å². The Kier molecular flexibility index (Phi) is 4.52. The number of amides is 1. The van der Waals surface area contributed by atoms with Gasteiger partial charge >= 0.3 is 0 Å². The Morgan fingerprint density at radius 3 is 2.87 bits per heavy atom. The van der Waals surface area contributed by atoms with Crippen molar-refractivity contribution in [2.75, 3.05) is 18.2 Å². The maximum atomic E-state index is 13.5. The fourth-order valence-electron chi connectivity index (χ4n) is 3.49. The molecular weight excluding hydrogens is 443 g/mol. The van der Waals surface area contributed by atoms with Crippen molar-refractivity contribution < 1.29 is 22.3 Å². The summed E-state index contributed by atoms with van der Waals surface area (Å²) < 4.78 is 45.5. The van der Waals surface area contributed by atoms with E-state index in [1.807, 2.05) is 0 Å². The molecule has 8 nitrogen and oxygen atoms in total. The van der Waals surface area contributed by atoms with Crippen LogP contribution in [-0.2, 0) is 16.4 Å². The van der Waals surface area contributed by atoms with E-state index in [1.165, 1.54) is 29.9 Å². The molecule has 1 N–H and O–H groups in total.